The Morgan fingerprint density at radius 1 is 1.27 bits per heavy atom. The summed E-state index contributed by atoms with van der Waals surface area (Å²) in [5, 5.41) is 15.2. The molecule has 0 amide bonds. The predicted octanol–water partition coefficient (Wildman–Crippen LogP) is 1.09. The molecule has 0 atom stereocenters. The van der Waals surface area contributed by atoms with Gasteiger partial charge in [-0.25, -0.2) is 0 Å². The Morgan fingerprint density at radius 3 is 2.82 bits per heavy atom. The summed E-state index contributed by atoms with van der Waals surface area (Å²) in [5.41, 5.74) is -0.233. The SMILES string of the molecule is CN=C(NCc1nnc2n1CCCCC2)NCC(C)(C)OC. The lowest BCUT2D eigenvalue weighted by Crippen LogP contribution is -2.45. The Bertz CT molecular complexity index is 508. The topological polar surface area (TPSA) is 76.4 Å². The van der Waals surface area contributed by atoms with E-state index in [1.54, 1.807) is 14.2 Å². The Morgan fingerprint density at radius 2 is 2.09 bits per heavy atom. The smallest absolute Gasteiger partial charge is 0.191 e. The van der Waals surface area contributed by atoms with Crippen LogP contribution in [0, 0.1) is 0 Å². The van der Waals surface area contributed by atoms with Gasteiger partial charge in [0.1, 0.15) is 5.82 Å². The molecule has 0 saturated heterocycles. The maximum atomic E-state index is 5.40. The molecule has 22 heavy (non-hydrogen) atoms. The fourth-order valence-electron chi connectivity index (χ4n) is 2.43. The van der Waals surface area contributed by atoms with Crippen LogP contribution in [0.5, 0.6) is 0 Å². The highest BCUT2D eigenvalue weighted by molar-refractivity contribution is 5.79. The monoisotopic (exact) mass is 308 g/mol. The van der Waals surface area contributed by atoms with Gasteiger partial charge in [-0.15, -0.1) is 10.2 Å². The number of aliphatic imine (C=N–C) groups is 1. The molecule has 124 valence electrons. The molecule has 0 radical (unpaired) electrons. The summed E-state index contributed by atoms with van der Waals surface area (Å²) in [7, 11) is 3.47. The lowest BCUT2D eigenvalue weighted by atomic mass is 10.1. The molecule has 7 nitrogen and oxygen atoms in total. The Labute approximate surface area is 132 Å². The number of fused-ring (bicyclic) bond motifs is 1. The molecule has 2 N–H and O–H groups in total. The summed E-state index contributed by atoms with van der Waals surface area (Å²) in [6, 6.07) is 0. The summed E-state index contributed by atoms with van der Waals surface area (Å²) >= 11 is 0. The molecule has 1 aromatic heterocycles. The number of aromatic nitrogens is 3. The van der Waals surface area contributed by atoms with Crippen molar-refractivity contribution in [2.45, 2.75) is 58.2 Å². The molecule has 1 aliphatic heterocycles. The Hall–Kier alpha value is -1.63. The van der Waals surface area contributed by atoms with Gasteiger partial charge in [-0.1, -0.05) is 6.42 Å². The van der Waals surface area contributed by atoms with Crippen LogP contribution in [0.4, 0.5) is 0 Å². The number of ether oxygens (including phenoxy) is 1. The second-order valence-electron chi connectivity index (χ2n) is 6.24. The summed E-state index contributed by atoms with van der Waals surface area (Å²) in [4.78, 5) is 4.24. The third-order valence-corrected chi connectivity index (χ3v) is 4.06. The van der Waals surface area contributed by atoms with Crippen LogP contribution in [0.15, 0.2) is 4.99 Å². The van der Waals surface area contributed by atoms with E-state index in [1.165, 1.54) is 19.3 Å². The highest BCUT2D eigenvalue weighted by Gasteiger charge is 2.17. The van der Waals surface area contributed by atoms with Crippen molar-refractivity contribution in [1.82, 2.24) is 25.4 Å². The van der Waals surface area contributed by atoms with Crippen molar-refractivity contribution in [3.8, 4) is 0 Å². The number of nitrogens with zero attached hydrogens (tertiary/aromatic N) is 4. The molecular weight excluding hydrogens is 280 g/mol. The second kappa shape index (κ2) is 7.58. The number of aryl methyl sites for hydroxylation is 1. The van der Waals surface area contributed by atoms with E-state index in [2.05, 4.69) is 30.4 Å². The summed E-state index contributed by atoms with van der Waals surface area (Å²) in [6.07, 6.45) is 4.71. The van der Waals surface area contributed by atoms with Crippen LogP contribution < -0.4 is 10.6 Å². The van der Waals surface area contributed by atoms with Crippen molar-refractivity contribution >= 4 is 5.96 Å². The van der Waals surface area contributed by atoms with E-state index in [0.29, 0.717) is 13.1 Å². The lowest BCUT2D eigenvalue weighted by Gasteiger charge is -2.24. The van der Waals surface area contributed by atoms with Crippen LogP contribution in [-0.2, 0) is 24.2 Å². The number of hydrogen-bond donors (Lipinski definition) is 2. The van der Waals surface area contributed by atoms with Crippen LogP contribution in [-0.4, -0.2) is 47.0 Å². The first-order chi connectivity index (χ1) is 10.6. The number of nitrogens with one attached hydrogen (secondary N) is 2. The minimum atomic E-state index is -0.233. The molecule has 7 heteroatoms. The fraction of sp³-hybridized carbons (Fsp3) is 0.800. The van der Waals surface area contributed by atoms with Gasteiger partial charge in [0.25, 0.3) is 0 Å². The Balaban J connectivity index is 1.90. The lowest BCUT2D eigenvalue weighted by molar-refractivity contribution is 0.0268. The average Bonchev–Trinajstić information content (AvgIpc) is 2.75. The molecule has 0 spiro atoms. The average molecular weight is 308 g/mol. The van der Waals surface area contributed by atoms with Crippen molar-refractivity contribution in [2.24, 2.45) is 4.99 Å². The third-order valence-electron chi connectivity index (χ3n) is 4.06. The van der Waals surface area contributed by atoms with Crippen molar-refractivity contribution < 1.29 is 4.74 Å². The van der Waals surface area contributed by atoms with Crippen LogP contribution in [0.3, 0.4) is 0 Å². The van der Waals surface area contributed by atoms with E-state index in [1.807, 2.05) is 13.8 Å². The molecule has 2 rings (SSSR count). The number of rotatable bonds is 5. The molecule has 0 unspecified atom stereocenters. The van der Waals surface area contributed by atoms with Crippen LogP contribution in [0.1, 0.15) is 44.8 Å². The molecule has 0 bridgehead atoms. The van der Waals surface area contributed by atoms with Crippen LogP contribution in [0.25, 0.3) is 0 Å². The molecule has 1 aliphatic rings. The maximum Gasteiger partial charge on any atom is 0.191 e. The van der Waals surface area contributed by atoms with Gasteiger partial charge in [0, 0.05) is 33.7 Å². The number of hydrogen-bond acceptors (Lipinski definition) is 4. The highest BCUT2D eigenvalue weighted by Crippen LogP contribution is 2.14. The van der Waals surface area contributed by atoms with Gasteiger partial charge in [-0.2, -0.15) is 0 Å². The summed E-state index contributed by atoms with van der Waals surface area (Å²) < 4.78 is 7.64. The molecule has 0 aromatic carbocycles. The van der Waals surface area contributed by atoms with E-state index in [9.17, 15) is 0 Å². The number of methoxy groups -OCH3 is 1. The van der Waals surface area contributed by atoms with E-state index in [4.69, 9.17) is 4.74 Å². The normalized spacial score (nSPS) is 16.1. The highest BCUT2D eigenvalue weighted by atomic mass is 16.5. The first kappa shape index (κ1) is 16.7. The Kier molecular flexibility index (Phi) is 5.76. The molecule has 0 aliphatic carbocycles. The first-order valence-corrected chi connectivity index (χ1v) is 7.96. The largest absolute Gasteiger partial charge is 0.377 e. The van der Waals surface area contributed by atoms with Crippen LogP contribution >= 0.6 is 0 Å². The minimum Gasteiger partial charge on any atom is -0.377 e. The van der Waals surface area contributed by atoms with Crippen molar-refractivity contribution in [3.05, 3.63) is 11.6 Å². The molecule has 0 fully saturated rings. The summed E-state index contributed by atoms with van der Waals surface area (Å²) in [6.45, 7) is 6.39. The van der Waals surface area contributed by atoms with Crippen molar-refractivity contribution in [3.63, 3.8) is 0 Å². The van der Waals surface area contributed by atoms with Crippen LogP contribution in [0.2, 0.25) is 0 Å². The quantitative estimate of drug-likeness (QED) is 0.629. The van der Waals surface area contributed by atoms with Gasteiger partial charge in [-0.3, -0.25) is 4.99 Å². The summed E-state index contributed by atoms with van der Waals surface area (Å²) in [5.74, 6) is 2.83. The minimum absolute atomic E-state index is 0.233. The zero-order valence-electron chi connectivity index (χ0n) is 14.1. The molecule has 1 aromatic rings. The molecular formula is C15H28N6O. The van der Waals surface area contributed by atoms with Gasteiger partial charge < -0.3 is 19.9 Å². The van der Waals surface area contributed by atoms with Gasteiger partial charge >= 0.3 is 0 Å². The van der Waals surface area contributed by atoms with Crippen molar-refractivity contribution in [1.29, 1.82) is 0 Å². The fourth-order valence-corrected chi connectivity index (χ4v) is 2.43. The van der Waals surface area contributed by atoms with Gasteiger partial charge in [0.05, 0.1) is 12.1 Å². The predicted molar refractivity (Wildman–Crippen MR) is 86.9 cm³/mol. The van der Waals surface area contributed by atoms with Gasteiger partial charge in [0.15, 0.2) is 11.8 Å². The zero-order valence-corrected chi connectivity index (χ0v) is 14.1. The van der Waals surface area contributed by atoms with E-state index >= 15 is 0 Å². The first-order valence-electron chi connectivity index (χ1n) is 7.96. The van der Waals surface area contributed by atoms with E-state index in [0.717, 1.165) is 30.6 Å². The maximum absolute atomic E-state index is 5.40. The van der Waals surface area contributed by atoms with E-state index in [-0.39, 0.29) is 5.60 Å². The molecule has 0 saturated carbocycles. The molecule has 2 heterocycles. The third kappa shape index (κ3) is 4.43. The van der Waals surface area contributed by atoms with Crippen molar-refractivity contribution in [2.75, 3.05) is 20.7 Å². The van der Waals surface area contributed by atoms with Gasteiger partial charge in [0.2, 0.25) is 0 Å². The zero-order chi connectivity index (χ0) is 16.0. The van der Waals surface area contributed by atoms with E-state index < -0.39 is 0 Å². The van der Waals surface area contributed by atoms with Gasteiger partial charge in [-0.05, 0) is 26.7 Å². The second-order valence-corrected chi connectivity index (χ2v) is 6.24. The standard InChI is InChI=1S/C15H28N6O/c1-15(2,22-4)11-18-14(16-3)17-10-13-20-19-12-8-6-5-7-9-21(12)13/h5-11H2,1-4H3,(H2,16,17,18). The number of guanidine groups is 1.